The lowest BCUT2D eigenvalue weighted by molar-refractivity contribution is -0.117. The van der Waals surface area contributed by atoms with Crippen molar-refractivity contribution in [3.8, 4) is 33.9 Å². The van der Waals surface area contributed by atoms with E-state index in [4.69, 9.17) is 4.98 Å². The number of hydrogen-bond donors (Lipinski definition) is 3. The number of carbonyl (C=O) groups excluding carboxylic acids is 1. The van der Waals surface area contributed by atoms with Gasteiger partial charge in [0.15, 0.2) is 5.82 Å². The fraction of sp³-hybridized carbons (Fsp3) is 0.194. The average molecular weight is 534 g/mol. The van der Waals surface area contributed by atoms with E-state index in [1.165, 1.54) is 12.1 Å². The summed E-state index contributed by atoms with van der Waals surface area (Å²) >= 11 is 0. The van der Waals surface area contributed by atoms with Gasteiger partial charge < -0.3 is 10.3 Å². The molecule has 8 nitrogen and oxygen atoms in total. The van der Waals surface area contributed by atoms with Gasteiger partial charge in [-0.2, -0.15) is 5.10 Å². The van der Waals surface area contributed by atoms with Crippen LogP contribution in [0.5, 0.6) is 0 Å². The minimum absolute atomic E-state index is 0.0651. The highest BCUT2D eigenvalue weighted by Gasteiger charge is 2.18. The SMILES string of the molecule is Cc1cc(F)cc(-c2cccc3[nH]c(-c4n[nH]c5cnc(-c6cncc(NC(=O)CC(C)(C)C)c6)cc45)nc23)c1. The van der Waals surface area contributed by atoms with Gasteiger partial charge in [-0.3, -0.25) is 19.9 Å². The molecule has 9 heteroatoms. The summed E-state index contributed by atoms with van der Waals surface area (Å²) in [6.07, 6.45) is 5.45. The number of para-hydroxylation sites is 1. The molecule has 2 aromatic carbocycles. The second-order valence-corrected chi connectivity index (χ2v) is 11.2. The largest absolute Gasteiger partial charge is 0.337 e. The lowest BCUT2D eigenvalue weighted by Crippen LogP contribution is -2.19. The van der Waals surface area contributed by atoms with Crippen LogP contribution in [0.4, 0.5) is 10.1 Å². The van der Waals surface area contributed by atoms with Gasteiger partial charge in [0.1, 0.15) is 11.5 Å². The number of anilines is 1. The number of aromatic amines is 2. The maximum atomic E-state index is 14.2. The number of fused-ring (bicyclic) bond motifs is 2. The molecule has 6 aromatic rings. The van der Waals surface area contributed by atoms with Crippen molar-refractivity contribution in [1.29, 1.82) is 0 Å². The number of benzene rings is 2. The van der Waals surface area contributed by atoms with Gasteiger partial charge in [0, 0.05) is 29.1 Å². The molecule has 0 fully saturated rings. The maximum Gasteiger partial charge on any atom is 0.224 e. The molecular weight excluding hydrogens is 505 g/mol. The molecule has 0 aliphatic rings. The summed E-state index contributed by atoms with van der Waals surface area (Å²) in [5.74, 6) is 0.235. The third kappa shape index (κ3) is 5.05. The quantitative estimate of drug-likeness (QED) is 0.220. The second kappa shape index (κ2) is 9.68. The van der Waals surface area contributed by atoms with Crippen LogP contribution < -0.4 is 5.32 Å². The Bertz CT molecular complexity index is 1880. The zero-order valence-electron chi connectivity index (χ0n) is 22.6. The Morgan fingerprint density at radius 2 is 1.85 bits per heavy atom. The number of rotatable bonds is 5. The van der Waals surface area contributed by atoms with Crippen molar-refractivity contribution in [2.45, 2.75) is 34.1 Å². The first-order chi connectivity index (χ1) is 19.1. The molecule has 1 amide bonds. The van der Waals surface area contributed by atoms with Gasteiger partial charge in [-0.25, -0.2) is 9.37 Å². The minimum atomic E-state index is -0.284. The monoisotopic (exact) mass is 533 g/mol. The molecule has 0 unspecified atom stereocenters. The Hall–Kier alpha value is -4.92. The van der Waals surface area contributed by atoms with Gasteiger partial charge in [-0.15, -0.1) is 0 Å². The van der Waals surface area contributed by atoms with Crippen LogP contribution in [0.2, 0.25) is 0 Å². The zero-order chi connectivity index (χ0) is 28.0. The second-order valence-electron chi connectivity index (χ2n) is 11.2. The van der Waals surface area contributed by atoms with Gasteiger partial charge in [-0.1, -0.05) is 39.0 Å². The molecule has 40 heavy (non-hydrogen) atoms. The zero-order valence-corrected chi connectivity index (χ0v) is 22.6. The van der Waals surface area contributed by atoms with E-state index < -0.39 is 0 Å². The number of aromatic nitrogens is 6. The number of nitrogens with zero attached hydrogens (tertiary/aromatic N) is 4. The molecule has 0 spiro atoms. The van der Waals surface area contributed by atoms with Gasteiger partial charge in [0.2, 0.25) is 5.91 Å². The van der Waals surface area contributed by atoms with Crippen molar-refractivity contribution >= 4 is 33.5 Å². The Morgan fingerprint density at radius 3 is 2.65 bits per heavy atom. The molecule has 0 radical (unpaired) electrons. The number of halogens is 1. The third-order valence-electron chi connectivity index (χ3n) is 6.55. The lowest BCUT2D eigenvalue weighted by Gasteiger charge is -2.17. The molecule has 4 heterocycles. The van der Waals surface area contributed by atoms with Crippen molar-refractivity contribution in [1.82, 2.24) is 30.1 Å². The molecule has 3 N–H and O–H groups in total. The van der Waals surface area contributed by atoms with Crippen molar-refractivity contribution < 1.29 is 9.18 Å². The number of pyridine rings is 2. The predicted octanol–water partition coefficient (Wildman–Crippen LogP) is 7.05. The Balaban J connectivity index is 1.37. The molecule has 4 aromatic heterocycles. The van der Waals surface area contributed by atoms with Crippen LogP contribution in [0.1, 0.15) is 32.8 Å². The Labute approximate surface area is 230 Å². The number of imidazole rings is 1. The molecule has 0 aliphatic carbocycles. The molecule has 0 saturated heterocycles. The van der Waals surface area contributed by atoms with Crippen molar-refractivity contribution in [3.05, 3.63) is 78.5 Å². The standard InChI is InChI=1S/C31H28FN7O/c1-17-8-18(10-20(32)9-17)22-6-5-7-24-28(22)37-30(36-24)29-23-12-25(34-16-26(23)38-39-29)19-11-21(15-33-14-19)35-27(40)13-31(2,3)4/h5-12,14-16H,13H2,1-4H3,(H,35,40)(H,36,37)(H,38,39). The van der Waals surface area contributed by atoms with Crippen LogP contribution in [-0.4, -0.2) is 36.0 Å². The predicted molar refractivity (Wildman–Crippen MR) is 155 cm³/mol. The number of hydrogen-bond acceptors (Lipinski definition) is 5. The number of nitrogens with one attached hydrogen (secondary N) is 3. The first-order valence-corrected chi connectivity index (χ1v) is 13.0. The van der Waals surface area contributed by atoms with E-state index in [-0.39, 0.29) is 17.1 Å². The van der Waals surface area contributed by atoms with Crippen molar-refractivity contribution in [2.75, 3.05) is 5.32 Å². The topological polar surface area (TPSA) is 112 Å². The summed E-state index contributed by atoms with van der Waals surface area (Å²) in [6.45, 7) is 7.94. The summed E-state index contributed by atoms with van der Waals surface area (Å²) in [6, 6.07) is 14.6. The van der Waals surface area contributed by atoms with Gasteiger partial charge in [0.25, 0.3) is 0 Å². The highest BCUT2D eigenvalue weighted by atomic mass is 19.1. The number of aryl methyl sites for hydroxylation is 1. The van der Waals surface area contributed by atoms with Gasteiger partial charge >= 0.3 is 0 Å². The lowest BCUT2D eigenvalue weighted by atomic mass is 9.92. The van der Waals surface area contributed by atoms with E-state index >= 15 is 0 Å². The normalized spacial score (nSPS) is 11.8. The number of H-pyrrole nitrogens is 2. The summed E-state index contributed by atoms with van der Waals surface area (Å²) in [7, 11) is 0. The van der Waals surface area contributed by atoms with Crippen LogP contribution in [0.3, 0.4) is 0 Å². The maximum absolute atomic E-state index is 14.2. The van der Waals surface area contributed by atoms with Crippen LogP contribution in [0.15, 0.2) is 67.1 Å². The van der Waals surface area contributed by atoms with Gasteiger partial charge in [0.05, 0.1) is 40.3 Å². The highest BCUT2D eigenvalue weighted by Crippen LogP contribution is 2.33. The summed E-state index contributed by atoms with van der Waals surface area (Å²) < 4.78 is 14.2. The van der Waals surface area contributed by atoms with Crippen LogP contribution >= 0.6 is 0 Å². The fourth-order valence-corrected chi connectivity index (χ4v) is 4.86. The summed E-state index contributed by atoms with van der Waals surface area (Å²) in [5.41, 5.74) is 7.32. The van der Waals surface area contributed by atoms with Crippen LogP contribution in [0, 0.1) is 18.2 Å². The smallest absolute Gasteiger partial charge is 0.224 e. The first-order valence-electron chi connectivity index (χ1n) is 13.0. The Kier molecular flexibility index (Phi) is 6.14. The third-order valence-corrected chi connectivity index (χ3v) is 6.55. The highest BCUT2D eigenvalue weighted by molar-refractivity contribution is 5.98. The summed E-state index contributed by atoms with van der Waals surface area (Å²) in [4.78, 5) is 29.6. The molecule has 6 rings (SSSR count). The van der Waals surface area contributed by atoms with Crippen LogP contribution in [-0.2, 0) is 4.79 Å². The van der Waals surface area contributed by atoms with E-state index in [9.17, 15) is 9.18 Å². The summed E-state index contributed by atoms with van der Waals surface area (Å²) in [5, 5.41) is 11.3. The van der Waals surface area contributed by atoms with Gasteiger partial charge in [-0.05, 0) is 53.8 Å². The fourth-order valence-electron chi connectivity index (χ4n) is 4.86. The molecular formula is C31H28FN7O. The van der Waals surface area contributed by atoms with E-state index in [1.807, 2.05) is 64.1 Å². The molecule has 200 valence electrons. The van der Waals surface area contributed by atoms with Crippen molar-refractivity contribution in [2.24, 2.45) is 5.41 Å². The van der Waals surface area contributed by atoms with E-state index in [0.29, 0.717) is 29.3 Å². The molecule has 0 bridgehead atoms. The van der Waals surface area contributed by atoms with Crippen molar-refractivity contribution in [3.63, 3.8) is 0 Å². The molecule has 0 saturated carbocycles. The number of carbonyl (C=O) groups is 1. The molecule has 0 atom stereocenters. The van der Waals surface area contributed by atoms with Crippen LogP contribution in [0.25, 0.3) is 55.8 Å². The van der Waals surface area contributed by atoms with E-state index in [1.54, 1.807) is 18.6 Å². The van der Waals surface area contributed by atoms with E-state index in [2.05, 4.69) is 30.5 Å². The number of amides is 1. The molecule has 0 aliphatic heterocycles. The average Bonchev–Trinajstić information content (AvgIpc) is 3.50. The minimum Gasteiger partial charge on any atom is -0.337 e. The Morgan fingerprint density at radius 1 is 1.00 bits per heavy atom. The first kappa shape index (κ1) is 25.4. The van der Waals surface area contributed by atoms with E-state index in [0.717, 1.165) is 44.2 Å².